The standard InChI is InChI=1S/C23H24N2O4/c1-13-11-12-19(29-13)22-20(14(2)24-16-8-6-9-17(26)21(16)22)23(27)25-15-7-4-5-10-18(15)28-3/h4-5,7,10-12,22,24H,6,8-9H2,1-3H3,(H,25,27)/t22-/m0/s1. The molecule has 0 bridgehead atoms. The summed E-state index contributed by atoms with van der Waals surface area (Å²) in [6.07, 6.45) is 2.08. The van der Waals surface area contributed by atoms with Gasteiger partial charge in [0.1, 0.15) is 17.3 Å². The smallest absolute Gasteiger partial charge is 0.254 e. The molecule has 6 heteroatoms. The molecule has 6 nitrogen and oxygen atoms in total. The van der Waals surface area contributed by atoms with Gasteiger partial charge in [-0.3, -0.25) is 9.59 Å². The Kier molecular flexibility index (Phi) is 5.01. The Morgan fingerprint density at radius 2 is 1.97 bits per heavy atom. The number of carbonyl (C=O) groups is 2. The zero-order valence-corrected chi connectivity index (χ0v) is 16.8. The number of ether oxygens (including phenoxy) is 1. The predicted molar refractivity (Wildman–Crippen MR) is 110 cm³/mol. The monoisotopic (exact) mass is 392 g/mol. The average Bonchev–Trinajstić information content (AvgIpc) is 3.13. The second-order valence-electron chi connectivity index (χ2n) is 7.37. The lowest BCUT2D eigenvalue weighted by atomic mass is 9.77. The number of carbonyl (C=O) groups excluding carboxylic acids is 2. The number of nitrogens with one attached hydrogen (secondary N) is 2. The third kappa shape index (κ3) is 3.46. The maximum absolute atomic E-state index is 13.4. The van der Waals surface area contributed by atoms with Gasteiger partial charge >= 0.3 is 0 Å². The number of hydrogen-bond donors (Lipinski definition) is 2. The molecule has 1 aliphatic carbocycles. The highest BCUT2D eigenvalue weighted by Gasteiger charge is 2.40. The lowest BCUT2D eigenvalue weighted by Crippen LogP contribution is -2.35. The third-order valence-electron chi connectivity index (χ3n) is 5.42. The van der Waals surface area contributed by atoms with E-state index in [0.29, 0.717) is 34.8 Å². The van der Waals surface area contributed by atoms with Gasteiger partial charge in [-0.1, -0.05) is 12.1 Å². The Morgan fingerprint density at radius 1 is 1.17 bits per heavy atom. The van der Waals surface area contributed by atoms with Crippen molar-refractivity contribution < 1.29 is 18.7 Å². The number of para-hydroxylation sites is 2. The zero-order valence-electron chi connectivity index (χ0n) is 16.8. The Hall–Kier alpha value is -3.28. The number of Topliss-reactive ketones (excluding diaryl/α,β-unsaturated/α-hetero) is 1. The Bertz CT molecular complexity index is 1040. The molecule has 2 aliphatic rings. The number of allylic oxidation sites excluding steroid dienone is 3. The number of rotatable bonds is 4. The summed E-state index contributed by atoms with van der Waals surface area (Å²) in [6, 6.07) is 10.9. The lowest BCUT2D eigenvalue weighted by Gasteiger charge is -2.33. The average molecular weight is 392 g/mol. The number of ketones is 1. The Balaban J connectivity index is 1.77. The van der Waals surface area contributed by atoms with Crippen LogP contribution >= 0.6 is 0 Å². The highest BCUT2D eigenvalue weighted by Crippen LogP contribution is 2.43. The van der Waals surface area contributed by atoms with Gasteiger partial charge in [-0.25, -0.2) is 0 Å². The first-order valence-electron chi connectivity index (χ1n) is 9.74. The Labute approximate surface area is 169 Å². The fourth-order valence-electron chi connectivity index (χ4n) is 4.11. The molecular weight excluding hydrogens is 368 g/mol. The first-order chi connectivity index (χ1) is 14.0. The summed E-state index contributed by atoms with van der Waals surface area (Å²) >= 11 is 0. The van der Waals surface area contributed by atoms with Crippen LogP contribution in [0.2, 0.25) is 0 Å². The summed E-state index contributed by atoms with van der Waals surface area (Å²) in [5.41, 5.74) is 3.32. The molecule has 1 aromatic carbocycles. The van der Waals surface area contributed by atoms with E-state index in [-0.39, 0.29) is 11.7 Å². The van der Waals surface area contributed by atoms with Crippen LogP contribution in [0.25, 0.3) is 0 Å². The van der Waals surface area contributed by atoms with E-state index in [2.05, 4.69) is 10.6 Å². The second kappa shape index (κ2) is 7.62. The van der Waals surface area contributed by atoms with Gasteiger partial charge in [0.25, 0.3) is 5.91 Å². The first kappa shape index (κ1) is 19.1. The van der Waals surface area contributed by atoms with Crippen molar-refractivity contribution in [1.82, 2.24) is 5.32 Å². The largest absolute Gasteiger partial charge is 0.495 e. The van der Waals surface area contributed by atoms with Crippen LogP contribution in [-0.4, -0.2) is 18.8 Å². The molecule has 1 aliphatic heterocycles. The molecule has 1 atom stereocenters. The number of hydrogen-bond acceptors (Lipinski definition) is 5. The highest BCUT2D eigenvalue weighted by atomic mass is 16.5. The third-order valence-corrected chi connectivity index (χ3v) is 5.42. The molecule has 0 fully saturated rings. The molecule has 0 radical (unpaired) electrons. The minimum Gasteiger partial charge on any atom is -0.495 e. The van der Waals surface area contributed by atoms with Crippen LogP contribution in [0.3, 0.4) is 0 Å². The van der Waals surface area contributed by atoms with Crippen LogP contribution in [0, 0.1) is 6.92 Å². The van der Waals surface area contributed by atoms with Gasteiger partial charge in [0, 0.05) is 23.4 Å². The molecule has 1 amide bonds. The Morgan fingerprint density at radius 3 is 2.69 bits per heavy atom. The van der Waals surface area contributed by atoms with Crippen molar-refractivity contribution in [3.63, 3.8) is 0 Å². The number of dihydropyridines is 1. The van der Waals surface area contributed by atoms with Crippen LogP contribution in [-0.2, 0) is 9.59 Å². The van der Waals surface area contributed by atoms with E-state index >= 15 is 0 Å². The molecule has 0 unspecified atom stereocenters. The van der Waals surface area contributed by atoms with Crippen molar-refractivity contribution in [3.05, 3.63) is 70.5 Å². The van der Waals surface area contributed by atoms with Gasteiger partial charge in [-0.15, -0.1) is 0 Å². The van der Waals surface area contributed by atoms with Crippen molar-refractivity contribution >= 4 is 17.4 Å². The van der Waals surface area contributed by atoms with Crippen LogP contribution in [0.4, 0.5) is 5.69 Å². The molecule has 150 valence electrons. The summed E-state index contributed by atoms with van der Waals surface area (Å²) in [7, 11) is 1.56. The van der Waals surface area contributed by atoms with Crippen molar-refractivity contribution in [2.75, 3.05) is 12.4 Å². The van der Waals surface area contributed by atoms with Crippen molar-refractivity contribution in [3.8, 4) is 5.75 Å². The van der Waals surface area contributed by atoms with E-state index in [1.165, 1.54) is 0 Å². The number of amides is 1. The maximum atomic E-state index is 13.4. The summed E-state index contributed by atoms with van der Waals surface area (Å²) in [6.45, 7) is 3.72. The van der Waals surface area contributed by atoms with E-state index < -0.39 is 5.92 Å². The van der Waals surface area contributed by atoms with E-state index in [9.17, 15) is 9.59 Å². The number of aryl methyl sites for hydroxylation is 1. The van der Waals surface area contributed by atoms with Crippen LogP contribution < -0.4 is 15.4 Å². The van der Waals surface area contributed by atoms with Gasteiger partial charge in [0.15, 0.2) is 5.78 Å². The van der Waals surface area contributed by atoms with E-state index in [0.717, 1.165) is 30.0 Å². The summed E-state index contributed by atoms with van der Waals surface area (Å²) in [5.74, 6) is 1.17. The molecular formula is C23H24N2O4. The molecule has 0 saturated carbocycles. The molecule has 1 aromatic heterocycles. The maximum Gasteiger partial charge on any atom is 0.254 e. The minimum absolute atomic E-state index is 0.0629. The minimum atomic E-state index is -0.526. The van der Waals surface area contributed by atoms with Gasteiger partial charge in [0.2, 0.25) is 0 Å². The van der Waals surface area contributed by atoms with Gasteiger partial charge in [-0.2, -0.15) is 0 Å². The van der Waals surface area contributed by atoms with Crippen molar-refractivity contribution in [2.45, 2.75) is 39.0 Å². The summed E-state index contributed by atoms with van der Waals surface area (Å²) in [5, 5.41) is 6.25. The molecule has 2 aromatic rings. The fourth-order valence-corrected chi connectivity index (χ4v) is 4.11. The van der Waals surface area contributed by atoms with Crippen LogP contribution in [0.15, 0.2) is 63.4 Å². The highest BCUT2D eigenvalue weighted by molar-refractivity contribution is 6.10. The van der Waals surface area contributed by atoms with Crippen molar-refractivity contribution in [1.29, 1.82) is 0 Å². The summed E-state index contributed by atoms with van der Waals surface area (Å²) < 4.78 is 11.2. The van der Waals surface area contributed by atoms with E-state index in [4.69, 9.17) is 9.15 Å². The predicted octanol–water partition coefficient (Wildman–Crippen LogP) is 4.20. The molecule has 2 N–H and O–H groups in total. The number of methoxy groups -OCH3 is 1. The SMILES string of the molecule is COc1ccccc1NC(=O)C1=C(C)NC2=C(C(=O)CCC2)[C@H]1c1ccc(C)o1. The van der Waals surface area contributed by atoms with E-state index in [1.54, 1.807) is 19.2 Å². The van der Waals surface area contributed by atoms with Crippen LogP contribution in [0.5, 0.6) is 5.75 Å². The first-order valence-corrected chi connectivity index (χ1v) is 9.74. The topological polar surface area (TPSA) is 80.6 Å². The number of furan rings is 1. The fraction of sp³-hybridized carbons (Fsp3) is 0.304. The lowest BCUT2D eigenvalue weighted by molar-refractivity contribution is -0.116. The second-order valence-corrected chi connectivity index (χ2v) is 7.37. The quantitative estimate of drug-likeness (QED) is 0.815. The molecule has 2 heterocycles. The molecule has 0 spiro atoms. The van der Waals surface area contributed by atoms with E-state index in [1.807, 2.05) is 38.1 Å². The van der Waals surface area contributed by atoms with Gasteiger partial charge < -0.3 is 19.8 Å². The molecule has 29 heavy (non-hydrogen) atoms. The molecule has 4 rings (SSSR count). The number of benzene rings is 1. The van der Waals surface area contributed by atoms with Gasteiger partial charge in [-0.05, 0) is 51.0 Å². The normalized spacial score (nSPS) is 19.0. The molecule has 0 saturated heterocycles. The van der Waals surface area contributed by atoms with Crippen molar-refractivity contribution in [2.24, 2.45) is 0 Å². The zero-order chi connectivity index (χ0) is 20.5. The summed E-state index contributed by atoms with van der Waals surface area (Å²) in [4.78, 5) is 26.2. The van der Waals surface area contributed by atoms with Gasteiger partial charge in [0.05, 0.1) is 24.3 Å². The number of anilines is 1. The van der Waals surface area contributed by atoms with Crippen LogP contribution in [0.1, 0.15) is 43.6 Å².